The Labute approximate surface area is 117 Å². The van der Waals surface area contributed by atoms with Crippen LogP contribution >= 0.6 is 0 Å². The topological polar surface area (TPSA) is 75.3 Å². The van der Waals surface area contributed by atoms with E-state index in [-0.39, 0.29) is 0 Å². The van der Waals surface area contributed by atoms with E-state index in [0.29, 0.717) is 22.2 Å². The summed E-state index contributed by atoms with van der Waals surface area (Å²) in [6.07, 6.45) is 3.53. The van der Waals surface area contributed by atoms with Gasteiger partial charge in [0.05, 0.1) is 16.9 Å². The molecule has 2 heterocycles. The standard InChI is InChI=1S/C15H21N3O2/c1-15(2)4-3-6-18(7-5-15)12-9-11-13(8-10(12)16)20-14(19)17-11/h8-9H,3-7,16H2,1-2H3,(H,17,19). The molecule has 1 fully saturated rings. The number of anilines is 2. The summed E-state index contributed by atoms with van der Waals surface area (Å²) in [5.41, 5.74) is 9.40. The van der Waals surface area contributed by atoms with E-state index in [9.17, 15) is 4.79 Å². The smallest absolute Gasteiger partial charge is 0.408 e. The monoisotopic (exact) mass is 275 g/mol. The maximum Gasteiger partial charge on any atom is 0.417 e. The van der Waals surface area contributed by atoms with Crippen LogP contribution in [0.1, 0.15) is 33.1 Å². The third-order valence-corrected chi connectivity index (χ3v) is 4.25. The minimum atomic E-state index is -0.437. The van der Waals surface area contributed by atoms with Crippen molar-refractivity contribution in [3.8, 4) is 0 Å². The van der Waals surface area contributed by atoms with Crippen LogP contribution in [0.3, 0.4) is 0 Å². The molecule has 1 aliphatic heterocycles. The summed E-state index contributed by atoms with van der Waals surface area (Å²) in [7, 11) is 0. The second-order valence-corrected chi connectivity index (χ2v) is 6.43. The van der Waals surface area contributed by atoms with Gasteiger partial charge in [-0.2, -0.15) is 0 Å². The second kappa shape index (κ2) is 4.58. The van der Waals surface area contributed by atoms with Crippen molar-refractivity contribution in [1.82, 2.24) is 4.98 Å². The van der Waals surface area contributed by atoms with Crippen molar-refractivity contribution >= 4 is 22.5 Å². The van der Waals surface area contributed by atoms with Crippen LogP contribution in [0.25, 0.3) is 11.1 Å². The average Bonchev–Trinajstić information content (AvgIpc) is 2.61. The molecule has 0 spiro atoms. The van der Waals surface area contributed by atoms with Gasteiger partial charge in [0.2, 0.25) is 0 Å². The predicted molar refractivity (Wildman–Crippen MR) is 81.1 cm³/mol. The molecule has 5 heteroatoms. The molecule has 2 aromatic rings. The Morgan fingerprint density at radius 3 is 2.90 bits per heavy atom. The van der Waals surface area contributed by atoms with Crippen molar-refractivity contribution in [1.29, 1.82) is 0 Å². The first kappa shape index (κ1) is 13.1. The van der Waals surface area contributed by atoms with Crippen LogP contribution in [0, 0.1) is 5.41 Å². The Balaban J connectivity index is 1.96. The molecule has 1 aromatic heterocycles. The Hall–Kier alpha value is -1.91. The van der Waals surface area contributed by atoms with Crippen LogP contribution in [0.5, 0.6) is 0 Å². The van der Waals surface area contributed by atoms with Gasteiger partial charge in [0.1, 0.15) is 0 Å². The van der Waals surface area contributed by atoms with Crippen molar-refractivity contribution in [3.63, 3.8) is 0 Å². The minimum Gasteiger partial charge on any atom is -0.408 e. The van der Waals surface area contributed by atoms with Crippen molar-refractivity contribution in [2.45, 2.75) is 33.1 Å². The highest BCUT2D eigenvalue weighted by Gasteiger charge is 2.24. The molecule has 0 aliphatic carbocycles. The molecule has 1 saturated heterocycles. The quantitative estimate of drug-likeness (QED) is 0.785. The van der Waals surface area contributed by atoms with Gasteiger partial charge in [-0.3, -0.25) is 4.98 Å². The van der Waals surface area contributed by atoms with Crippen LogP contribution in [-0.2, 0) is 0 Å². The van der Waals surface area contributed by atoms with E-state index in [1.165, 1.54) is 6.42 Å². The van der Waals surface area contributed by atoms with E-state index in [4.69, 9.17) is 10.2 Å². The molecule has 1 aliphatic rings. The highest BCUT2D eigenvalue weighted by atomic mass is 16.4. The van der Waals surface area contributed by atoms with E-state index in [2.05, 4.69) is 23.7 Å². The lowest BCUT2D eigenvalue weighted by Crippen LogP contribution is -2.25. The normalized spacial score (nSPS) is 19.2. The van der Waals surface area contributed by atoms with E-state index >= 15 is 0 Å². The third-order valence-electron chi connectivity index (χ3n) is 4.25. The Kier molecular flexibility index (Phi) is 3.00. The van der Waals surface area contributed by atoms with E-state index in [0.717, 1.165) is 31.6 Å². The lowest BCUT2D eigenvalue weighted by molar-refractivity contribution is 0.325. The van der Waals surface area contributed by atoms with Crippen molar-refractivity contribution in [3.05, 3.63) is 22.7 Å². The van der Waals surface area contributed by atoms with Crippen LogP contribution in [0.2, 0.25) is 0 Å². The first-order chi connectivity index (χ1) is 9.44. The van der Waals surface area contributed by atoms with Gasteiger partial charge < -0.3 is 15.1 Å². The molecular weight excluding hydrogens is 254 g/mol. The molecule has 0 unspecified atom stereocenters. The molecule has 0 radical (unpaired) electrons. The lowest BCUT2D eigenvalue weighted by atomic mass is 9.85. The Morgan fingerprint density at radius 1 is 1.30 bits per heavy atom. The highest BCUT2D eigenvalue weighted by Crippen LogP contribution is 2.34. The SMILES string of the molecule is CC1(C)CCCN(c2cc3[nH]c(=O)oc3cc2N)CC1. The molecule has 5 nitrogen and oxygen atoms in total. The van der Waals surface area contributed by atoms with Crippen LogP contribution in [0.15, 0.2) is 21.3 Å². The molecule has 0 bridgehead atoms. The number of aromatic nitrogens is 1. The zero-order valence-corrected chi connectivity index (χ0v) is 12.0. The molecule has 0 amide bonds. The summed E-state index contributed by atoms with van der Waals surface area (Å²) in [6, 6.07) is 3.66. The number of H-pyrrole nitrogens is 1. The van der Waals surface area contributed by atoms with E-state index in [1.54, 1.807) is 6.07 Å². The summed E-state index contributed by atoms with van der Waals surface area (Å²) in [6.45, 7) is 6.62. The van der Waals surface area contributed by atoms with Gasteiger partial charge >= 0.3 is 5.76 Å². The number of fused-ring (bicyclic) bond motifs is 1. The second-order valence-electron chi connectivity index (χ2n) is 6.43. The molecule has 0 saturated carbocycles. The predicted octanol–water partition coefficient (Wildman–Crippen LogP) is 2.72. The van der Waals surface area contributed by atoms with Gasteiger partial charge in [-0.25, -0.2) is 4.79 Å². The number of nitrogen functional groups attached to an aromatic ring is 1. The van der Waals surface area contributed by atoms with Crippen LogP contribution in [-0.4, -0.2) is 18.1 Å². The zero-order chi connectivity index (χ0) is 14.3. The number of hydrogen-bond donors (Lipinski definition) is 2. The fraction of sp³-hybridized carbons (Fsp3) is 0.533. The summed E-state index contributed by atoms with van der Waals surface area (Å²) < 4.78 is 5.04. The number of nitrogens with zero attached hydrogens (tertiary/aromatic N) is 1. The van der Waals surface area contributed by atoms with Crippen LogP contribution < -0.4 is 16.4 Å². The summed E-state index contributed by atoms with van der Waals surface area (Å²) in [5, 5.41) is 0. The number of nitrogens with one attached hydrogen (secondary N) is 1. The highest BCUT2D eigenvalue weighted by molar-refractivity contribution is 5.85. The van der Waals surface area contributed by atoms with Crippen molar-refractivity contribution in [2.24, 2.45) is 5.41 Å². The largest absolute Gasteiger partial charge is 0.417 e. The van der Waals surface area contributed by atoms with Crippen LogP contribution in [0.4, 0.5) is 11.4 Å². The first-order valence-corrected chi connectivity index (χ1v) is 7.12. The van der Waals surface area contributed by atoms with Crippen molar-refractivity contribution in [2.75, 3.05) is 23.7 Å². The molecule has 3 N–H and O–H groups in total. The van der Waals surface area contributed by atoms with Gasteiger partial charge in [0, 0.05) is 19.2 Å². The molecule has 3 rings (SSSR count). The average molecular weight is 275 g/mol. The maximum atomic E-state index is 11.3. The Bertz CT molecular complexity index is 684. The fourth-order valence-corrected chi connectivity index (χ4v) is 2.94. The van der Waals surface area contributed by atoms with Gasteiger partial charge in [-0.05, 0) is 30.7 Å². The lowest BCUT2D eigenvalue weighted by Gasteiger charge is -2.25. The van der Waals surface area contributed by atoms with Gasteiger partial charge in [-0.15, -0.1) is 0 Å². The number of rotatable bonds is 1. The van der Waals surface area contributed by atoms with Gasteiger partial charge in [-0.1, -0.05) is 13.8 Å². The van der Waals surface area contributed by atoms with Crippen molar-refractivity contribution < 1.29 is 4.42 Å². The van der Waals surface area contributed by atoms with E-state index in [1.807, 2.05) is 6.07 Å². The number of oxazole rings is 1. The Morgan fingerprint density at radius 2 is 2.10 bits per heavy atom. The molecule has 1 aromatic carbocycles. The zero-order valence-electron chi connectivity index (χ0n) is 12.0. The summed E-state index contributed by atoms with van der Waals surface area (Å²) in [4.78, 5) is 16.3. The third kappa shape index (κ3) is 2.40. The van der Waals surface area contributed by atoms with E-state index < -0.39 is 5.76 Å². The minimum absolute atomic E-state index is 0.386. The molecule has 0 atom stereocenters. The molecular formula is C15H21N3O2. The summed E-state index contributed by atoms with van der Waals surface area (Å²) in [5.74, 6) is -0.437. The first-order valence-electron chi connectivity index (χ1n) is 7.12. The summed E-state index contributed by atoms with van der Waals surface area (Å²) >= 11 is 0. The number of aromatic amines is 1. The van der Waals surface area contributed by atoms with Gasteiger partial charge in [0.25, 0.3) is 0 Å². The fourth-order valence-electron chi connectivity index (χ4n) is 2.94. The molecule has 108 valence electrons. The number of hydrogen-bond acceptors (Lipinski definition) is 4. The molecule has 20 heavy (non-hydrogen) atoms. The number of benzene rings is 1. The maximum absolute atomic E-state index is 11.3. The number of nitrogens with two attached hydrogens (primary N) is 1. The van der Waals surface area contributed by atoms with Gasteiger partial charge in [0.15, 0.2) is 5.58 Å².